The van der Waals surface area contributed by atoms with Crippen molar-refractivity contribution in [2.24, 2.45) is 0 Å². The maximum absolute atomic E-state index is 13.4. The van der Waals surface area contributed by atoms with Gasteiger partial charge < -0.3 is 10.1 Å². The van der Waals surface area contributed by atoms with Gasteiger partial charge in [-0.25, -0.2) is 12.8 Å². The minimum atomic E-state index is -3.74. The van der Waals surface area contributed by atoms with E-state index in [4.69, 9.17) is 4.74 Å². The summed E-state index contributed by atoms with van der Waals surface area (Å²) in [5.74, 6) is -0.569. The highest BCUT2D eigenvalue weighted by Crippen LogP contribution is 2.20. The van der Waals surface area contributed by atoms with Crippen LogP contribution in [0.3, 0.4) is 0 Å². The lowest BCUT2D eigenvalue weighted by atomic mass is 10.2. The third kappa shape index (κ3) is 5.03. The van der Waals surface area contributed by atoms with Crippen LogP contribution >= 0.6 is 0 Å². The molecule has 0 bridgehead atoms. The maximum Gasteiger partial charge on any atom is 0.243 e. The Kier molecular flexibility index (Phi) is 6.73. The second kappa shape index (κ2) is 7.84. The molecular weight excluding hydrogens is 295 g/mol. The number of nitrogens with zero attached hydrogens (tertiary/aromatic N) is 1. The van der Waals surface area contributed by atoms with Crippen molar-refractivity contribution in [3.05, 3.63) is 29.6 Å². The minimum absolute atomic E-state index is 0.0103. The molecule has 1 aromatic carbocycles. The van der Waals surface area contributed by atoms with Gasteiger partial charge in [0.25, 0.3) is 0 Å². The summed E-state index contributed by atoms with van der Waals surface area (Å²) in [7, 11) is -0.565. The van der Waals surface area contributed by atoms with Crippen LogP contribution in [0.15, 0.2) is 23.1 Å². The monoisotopic (exact) mass is 318 g/mol. The molecule has 120 valence electrons. The number of sulfonamides is 1. The second-order valence-corrected chi connectivity index (χ2v) is 7.04. The van der Waals surface area contributed by atoms with Crippen LogP contribution in [0.2, 0.25) is 0 Å². The summed E-state index contributed by atoms with van der Waals surface area (Å²) in [6.45, 7) is 4.63. The molecule has 1 rings (SSSR count). The molecule has 0 atom stereocenters. The summed E-state index contributed by atoms with van der Waals surface area (Å²) in [4.78, 5) is -0.0103. The van der Waals surface area contributed by atoms with Gasteiger partial charge in [-0.3, -0.25) is 0 Å². The van der Waals surface area contributed by atoms with E-state index in [1.54, 1.807) is 7.05 Å². The molecule has 0 spiro atoms. The highest BCUT2D eigenvalue weighted by molar-refractivity contribution is 7.89. The molecular formula is C14H23FN2O3S. The van der Waals surface area contributed by atoms with Crippen molar-refractivity contribution in [2.45, 2.75) is 31.4 Å². The predicted molar refractivity (Wildman–Crippen MR) is 80.1 cm³/mol. The van der Waals surface area contributed by atoms with E-state index in [-0.39, 0.29) is 17.5 Å². The van der Waals surface area contributed by atoms with Gasteiger partial charge in [-0.2, -0.15) is 4.31 Å². The van der Waals surface area contributed by atoms with Crippen molar-refractivity contribution in [2.75, 3.05) is 27.2 Å². The van der Waals surface area contributed by atoms with Crippen LogP contribution < -0.4 is 5.32 Å². The number of likely N-dealkylation sites (N-methyl/N-ethyl adjacent to an activating group) is 1. The molecule has 0 amide bonds. The summed E-state index contributed by atoms with van der Waals surface area (Å²) in [5, 5.41) is 2.88. The zero-order valence-corrected chi connectivity index (χ0v) is 13.7. The van der Waals surface area contributed by atoms with Gasteiger partial charge in [0.05, 0.1) is 17.6 Å². The van der Waals surface area contributed by atoms with Crippen LogP contribution in [0, 0.1) is 5.82 Å². The standard InChI is InChI=1S/C14H23FN2O3S/c1-11(2)20-8-7-17(4)21(18,19)14-9-13(15)6-5-12(14)10-16-3/h5-6,9,11,16H,7-8,10H2,1-4H3. The van der Waals surface area contributed by atoms with Crippen LogP contribution in [-0.2, 0) is 21.3 Å². The molecule has 21 heavy (non-hydrogen) atoms. The normalized spacial score (nSPS) is 12.3. The van der Waals surface area contributed by atoms with Gasteiger partial charge in [0.1, 0.15) is 5.82 Å². The smallest absolute Gasteiger partial charge is 0.243 e. The van der Waals surface area contributed by atoms with E-state index in [9.17, 15) is 12.8 Å². The zero-order chi connectivity index (χ0) is 16.0. The molecule has 7 heteroatoms. The summed E-state index contributed by atoms with van der Waals surface area (Å²) in [6, 6.07) is 3.80. The highest BCUT2D eigenvalue weighted by Gasteiger charge is 2.24. The van der Waals surface area contributed by atoms with Gasteiger partial charge in [0.15, 0.2) is 0 Å². The van der Waals surface area contributed by atoms with Crippen molar-refractivity contribution in [1.29, 1.82) is 0 Å². The van der Waals surface area contributed by atoms with Crippen LogP contribution in [0.4, 0.5) is 4.39 Å². The summed E-state index contributed by atoms with van der Waals surface area (Å²) in [5.41, 5.74) is 0.538. The highest BCUT2D eigenvalue weighted by atomic mass is 32.2. The fourth-order valence-electron chi connectivity index (χ4n) is 1.81. The van der Waals surface area contributed by atoms with Crippen LogP contribution in [0.1, 0.15) is 19.4 Å². The molecule has 1 aromatic rings. The molecule has 0 radical (unpaired) electrons. The largest absolute Gasteiger partial charge is 0.377 e. The summed E-state index contributed by atoms with van der Waals surface area (Å²) >= 11 is 0. The first kappa shape index (κ1) is 18.0. The minimum Gasteiger partial charge on any atom is -0.377 e. The molecule has 0 heterocycles. The Labute approximate surface area is 126 Å². The lowest BCUT2D eigenvalue weighted by Crippen LogP contribution is -2.32. The molecule has 0 unspecified atom stereocenters. The first-order chi connectivity index (χ1) is 9.78. The molecule has 0 saturated heterocycles. The van der Waals surface area contributed by atoms with Gasteiger partial charge in [-0.05, 0) is 38.6 Å². The average Bonchev–Trinajstić information content (AvgIpc) is 2.40. The molecule has 1 N–H and O–H groups in total. The summed E-state index contributed by atoms with van der Waals surface area (Å²) < 4.78 is 45.0. The van der Waals surface area contributed by atoms with E-state index in [1.165, 1.54) is 23.5 Å². The third-order valence-electron chi connectivity index (χ3n) is 2.94. The lowest BCUT2D eigenvalue weighted by molar-refractivity contribution is 0.0737. The van der Waals surface area contributed by atoms with Crippen molar-refractivity contribution < 1.29 is 17.5 Å². The first-order valence-electron chi connectivity index (χ1n) is 6.80. The van der Waals surface area contributed by atoms with Gasteiger partial charge in [-0.15, -0.1) is 0 Å². The molecule has 0 fully saturated rings. The molecule has 5 nitrogen and oxygen atoms in total. The third-order valence-corrected chi connectivity index (χ3v) is 4.88. The Morgan fingerprint density at radius 2 is 2.05 bits per heavy atom. The van der Waals surface area contributed by atoms with Crippen LogP contribution in [0.5, 0.6) is 0 Å². The van der Waals surface area contributed by atoms with E-state index < -0.39 is 15.8 Å². The first-order valence-corrected chi connectivity index (χ1v) is 8.24. The number of nitrogens with one attached hydrogen (secondary N) is 1. The van der Waals surface area contributed by atoms with Crippen molar-refractivity contribution in [3.63, 3.8) is 0 Å². The fourth-order valence-corrected chi connectivity index (χ4v) is 3.19. The van der Waals surface area contributed by atoms with Crippen molar-refractivity contribution in [3.8, 4) is 0 Å². The number of hydrogen-bond donors (Lipinski definition) is 1. The quantitative estimate of drug-likeness (QED) is 0.791. The van der Waals surface area contributed by atoms with Gasteiger partial charge in [-0.1, -0.05) is 6.07 Å². The van der Waals surface area contributed by atoms with E-state index >= 15 is 0 Å². The van der Waals surface area contributed by atoms with E-state index in [0.29, 0.717) is 18.7 Å². The SMILES string of the molecule is CNCc1ccc(F)cc1S(=O)(=O)N(C)CCOC(C)C. The van der Waals surface area contributed by atoms with Crippen LogP contribution in [-0.4, -0.2) is 46.1 Å². The van der Waals surface area contributed by atoms with Gasteiger partial charge in [0.2, 0.25) is 10.0 Å². The molecule has 0 aliphatic heterocycles. The topological polar surface area (TPSA) is 58.6 Å². The van der Waals surface area contributed by atoms with Crippen molar-refractivity contribution >= 4 is 10.0 Å². The Bertz CT molecular complexity index is 561. The summed E-state index contributed by atoms with van der Waals surface area (Å²) in [6.07, 6.45) is 0.0372. The van der Waals surface area contributed by atoms with Gasteiger partial charge >= 0.3 is 0 Å². The number of hydrogen-bond acceptors (Lipinski definition) is 4. The van der Waals surface area contributed by atoms with Crippen molar-refractivity contribution in [1.82, 2.24) is 9.62 Å². The number of ether oxygens (including phenoxy) is 1. The second-order valence-electron chi connectivity index (χ2n) is 5.03. The predicted octanol–water partition coefficient (Wildman–Crippen LogP) is 1.59. The molecule has 0 aliphatic rings. The van der Waals surface area contributed by atoms with E-state index in [0.717, 1.165) is 6.07 Å². The zero-order valence-electron chi connectivity index (χ0n) is 12.9. The Morgan fingerprint density at radius 3 is 2.62 bits per heavy atom. The Morgan fingerprint density at radius 1 is 1.38 bits per heavy atom. The molecule has 0 aliphatic carbocycles. The maximum atomic E-state index is 13.4. The fraction of sp³-hybridized carbons (Fsp3) is 0.571. The lowest BCUT2D eigenvalue weighted by Gasteiger charge is -2.20. The van der Waals surface area contributed by atoms with Crippen LogP contribution in [0.25, 0.3) is 0 Å². The van der Waals surface area contributed by atoms with E-state index in [1.807, 2.05) is 13.8 Å². The molecule has 0 aromatic heterocycles. The average molecular weight is 318 g/mol. The number of rotatable bonds is 8. The van der Waals surface area contributed by atoms with E-state index in [2.05, 4.69) is 5.32 Å². The Hall–Kier alpha value is -1.02. The Balaban J connectivity index is 2.98. The van der Waals surface area contributed by atoms with Gasteiger partial charge in [0, 0.05) is 20.1 Å². The molecule has 0 saturated carbocycles. The number of halogens is 1. The number of benzene rings is 1.